The number of H-pyrrole nitrogens is 1. The number of imidazole rings is 1. The van der Waals surface area contributed by atoms with E-state index < -0.39 is 23.6 Å². The number of hydrogen-bond donors (Lipinski definition) is 3. The number of Topliss-reactive ketones (excluding diaryl/α,β-unsaturated/α-hetero) is 1. The summed E-state index contributed by atoms with van der Waals surface area (Å²) in [7, 11) is 1.58. The first-order chi connectivity index (χ1) is 16.9. The number of aromatic amines is 1. The number of hydrogen-bond acceptors (Lipinski definition) is 5. The number of nitrogens with one attached hydrogen (secondary N) is 2. The molecule has 1 aromatic heterocycles. The van der Waals surface area contributed by atoms with E-state index in [4.69, 9.17) is 4.74 Å². The Morgan fingerprint density at radius 3 is 2.49 bits per heavy atom. The van der Waals surface area contributed by atoms with Gasteiger partial charge in [0.15, 0.2) is 5.78 Å². The molecule has 7 nitrogen and oxygen atoms in total. The van der Waals surface area contributed by atoms with E-state index >= 15 is 0 Å². The lowest BCUT2D eigenvalue weighted by Gasteiger charge is -2.15. The molecule has 8 heteroatoms. The van der Waals surface area contributed by atoms with Gasteiger partial charge < -0.3 is 20.1 Å². The third-order valence-corrected chi connectivity index (χ3v) is 6.59. The van der Waals surface area contributed by atoms with Gasteiger partial charge in [0.1, 0.15) is 11.6 Å². The van der Waals surface area contributed by atoms with Gasteiger partial charge in [0.2, 0.25) is 5.95 Å². The van der Waals surface area contributed by atoms with Gasteiger partial charge in [-0.15, -0.1) is 0 Å². The quantitative estimate of drug-likeness (QED) is 0.293. The van der Waals surface area contributed by atoms with Crippen LogP contribution in [0.25, 0.3) is 22.2 Å². The molecule has 1 fully saturated rings. The van der Waals surface area contributed by atoms with Crippen molar-refractivity contribution in [3.8, 4) is 16.9 Å². The first-order valence-electron chi connectivity index (χ1n) is 11.4. The van der Waals surface area contributed by atoms with Crippen LogP contribution < -0.4 is 10.1 Å². The van der Waals surface area contributed by atoms with E-state index in [0.717, 1.165) is 17.5 Å². The highest BCUT2D eigenvalue weighted by Gasteiger charge is 2.37. The van der Waals surface area contributed by atoms with Crippen molar-refractivity contribution in [3.63, 3.8) is 0 Å². The predicted octanol–water partition coefficient (Wildman–Crippen LogP) is 5.80. The number of carbonyl (C=O) groups excluding carboxylic acids is 1. The summed E-state index contributed by atoms with van der Waals surface area (Å²) < 4.78 is 20.1. The third-order valence-electron chi connectivity index (χ3n) is 6.59. The summed E-state index contributed by atoms with van der Waals surface area (Å²) in [6.45, 7) is 0. The molecule has 0 unspecified atom stereocenters. The summed E-state index contributed by atoms with van der Waals surface area (Å²) in [6.07, 6.45) is 1.87. The number of nitrogens with zero attached hydrogens (tertiary/aromatic N) is 1. The molecular weight excluding hydrogens is 449 g/mol. The second-order valence-electron chi connectivity index (χ2n) is 8.71. The number of carboxylic acids is 1. The van der Waals surface area contributed by atoms with Crippen LogP contribution in [0.1, 0.15) is 29.6 Å². The van der Waals surface area contributed by atoms with E-state index in [1.807, 2.05) is 12.1 Å². The molecule has 0 aliphatic heterocycles. The van der Waals surface area contributed by atoms with Crippen molar-refractivity contribution in [2.24, 2.45) is 11.8 Å². The SMILES string of the molecule is COc1ccc2[nH]c(Nc3ccc(-c4ccc(C(=O)[C@@H]5CCC[C@H]5C(=O)O)cc4)cc3F)nc2c1. The highest BCUT2D eigenvalue weighted by Crippen LogP contribution is 2.35. The summed E-state index contributed by atoms with van der Waals surface area (Å²) >= 11 is 0. The number of carboxylic acid groups (broad SMARTS) is 1. The number of rotatable bonds is 7. The van der Waals surface area contributed by atoms with Crippen molar-refractivity contribution in [2.75, 3.05) is 12.4 Å². The number of methoxy groups -OCH3 is 1. The van der Waals surface area contributed by atoms with Crippen LogP contribution in [-0.2, 0) is 4.79 Å². The fraction of sp³-hybridized carbons (Fsp3) is 0.222. The minimum Gasteiger partial charge on any atom is -0.497 e. The maximum absolute atomic E-state index is 14.9. The number of ether oxygens (including phenoxy) is 1. The standard InChI is InChI=1S/C27H24FN3O4/c1-35-18-10-12-23-24(14-18)31-27(30-23)29-22-11-9-17(13-21(22)28)15-5-7-16(8-6-15)25(32)19-3-2-4-20(19)26(33)34/h5-14,19-20H,2-4H2,1H3,(H,33,34)(H2,29,30,31)/t19-,20-/m1/s1. The van der Waals surface area contributed by atoms with Gasteiger partial charge in [0.25, 0.3) is 0 Å². The largest absolute Gasteiger partial charge is 0.497 e. The monoisotopic (exact) mass is 473 g/mol. The molecule has 0 spiro atoms. The summed E-state index contributed by atoms with van der Waals surface area (Å²) in [5.41, 5.74) is 3.66. The molecule has 1 aliphatic rings. The number of aromatic nitrogens is 2. The molecule has 5 rings (SSSR count). The number of carbonyl (C=O) groups is 2. The average molecular weight is 474 g/mol. The number of benzene rings is 3. The summed E-state index contributed by atoms with van der Waals surface area (Å²) in [6, 6.07) is 17.2. The van der Waals surface area contributed by atoms with Crippen molar-refractivity contribution in [2.45, 2.75) is 19.3 Å². The molecule has 2 atom stereocenters. The Kier molecular flexibility index (Phi) is 5.94. The zero-order chi connectivity index (χ0) is 24.5. The predicted molar refractivity (Wildman–Crippen MR) is 131 cm³/mol. The van der Waals surface area contributed by atoms with Gasteiger partial charge in [-0.2, -0.15) is 0 Å². The zero-order valence-electron chi connectivity index (χ0n) is 19.0. The van der Waals surface area contributed by atoms with E-state index in [1.165, 1.54) is 6.07 Å². The Labute approximate surface area is 201 Å². The number of halogens is 1. The zero-order valence-corrected chi connectivity index (χ0v) is 19.0. The second-order valence-corrected chi connectivity index (χ2v) is 8.71. The summed E-state index contributed by atoms with van der Waals surface area (Å²) in [5.74, 6) is -1.51. The average Bonchev–Trinajstić information content (AvgIpc) is 3.51. The minimum absolute atomic E-state index is 0.143. The molecule has 1 saturated carbocycles. The maximum atomic E-state index is 14.9. The lowest BCUT2D eigenvalue weighted by molar-refractivity contribution is -0.142. The molecule has 3 N–H and O–H groups in total. The van der Waals surface area contributed by atoms with Gasteiger partial charge in [-0.05, 0) is 48.2 Å². The van der Waals surface area contributed by atoms with Crippen molar-refractivity contribution in [1.29, 1.82) is 0 Å². The lowest BCUT2D eigenvalue weighted by atomic mass is 9.88. The smallest absolute Gasteiger partial charge is 0.307 e. The molecule has 178 valence electrons. The third kappa shape index (κ3) is 4.47. The van der Waals surface area contributed by atoms with Crippen LogP contribution in [0.4, 0.5) is 16.0 Å². The highest BCUT2D eigenvalue weighted by atomic mass is 19.1. The Morgan fingerprint density at radius 2 is 1.77 bits per heavy atom. The van der Waals surface area contributed by atoms with Crippen molar-refractivity contribution < 1.29 is 23.8 Å². The fourth-order valence-corrected chi connectivity index (χ4v) is 4.71. The number of fused-ring (bicyclic) bond motifs is 1. The fourth-order valence-electron chi connectivity index (χ4n) is 4.71. The first-order valence-corrected chi connectivity index (χ1v) is 11.4. The Hall–Kier alpha value is -4.20. The Bertz CT molecular complexity index is 1410. The van der Waals surface area contributed by atoms with Crippen LogP contribution in [0.15, 0.2) is 60.7 Å². The van der Waals surface area contributed by atoms with Gasteiger partial charge in [-0.3, -0.25) is 9.59 Å². The molecule has 0 bridgehead atoms. The van der Waals surface area contributed by atoms with Crippen molar-refractivity contribution in [1.82, 2.24) is 9.97 Å². The molecule has 1 aliphatic carbocycles. The van der Waals surface area contributed by atoms with Crippen LogP contribution >= 0.6 is 0 Å². The van der Waals surface area contributed by atoms with Gasteiger partial charge in [0, 0.05) is 17.5 Å². The van der Waals surface area contributed by atoms with Crippen LogP contribution in [0.2, 0.25) is 0 Å². The van der Waals surface area contributed by atoms with E-state index in [0.29, 0.717) is 41.2 Å². The van der Waals surface area contributed by atoms with Crippen LogP contribution in [0, 0.1) is 17.7 Å². The van der Waals surface area contributed by atoms with Gasteiger partial charge in [-0.1, -0.05) is 36.8 Å². The first kappa shape index (κ1) is 22.6. The molecule has 0 radical (unpaired) electrons. The molecular formula is C27H24FN3O4. The normalized spacial score (nSPS) is 17.4. The van der Waals surface area contributed by atoms with Crippen molar-refractivity contribution >= 4 is 34.4 Å². The van der Waals surface area contributed by atoms with Crippen LogP contribution in [0.5, 0.6) is 5.75 Å². The van der Waals surface area contributed by atoms with Crippen LogP contribution in [0.3, 0.4) is 0 Å². The minimum atomic E-state index is -0.913. The Balaban J connectivity index is 1.32. The van der Waals surface area contributed by atoms with Crippen molar-refractivity contribution in [3.05, 3.63) is 72.0 Å². The Morgan fingerprint density at radius 1 is 1.03 bits per heavy atom. The maximum Gasteiger partial charge on any atom is 0.307 e. The molecule has 1 heterocycles. The van der Waals surface area contributed by atoms with Crippen LogP contribution in [-0.4, -0.2) is 33.9 Å². The van der Waals surface area contributed by atoms with Gasteiger partial charge >= 0.3 is 5.97 Å². The molecule has 0 saturated heterocycles. The van der Waals surface area contributed by atoms with E-state index in [1.54, 1.807) is 49.6 Å². The molecule has 0 amide bonds. The number of ketones is 1. The van der Waals surface area contributed by atoms with Gasteiger partial charge in [-0.25, -0.2) is 9.37 Å². The van der Waals surface area contributed by atoms with E-state index in [9.17, 15) is 19.1 Å². The molecule has 4 aromatic rings. The van der Waals surface area contributed by atoms with E-state index in [-0.39, 0.29) is 11.5 Å². The van der Waals surface area contributed by atoms with E-state index in [2.05, 4.69) is 15.3 Å². The van der Waals surface area contributed by atoms with Gasteiger partial charge in [0.05, 0.1) is 29.7 Å². The summed E-state index contributed by atoms with van der Waals surface area (Å²) in [4.78, 5) is 31.8. The highest BCUT2D eigenvalue weighted by molar-refractivity contribution is 6.00. The number of aliphatic carboxylic acids is 1. The topological polar surface area (TPSA) is 104 Å². The molecule has 3 aromatic carbocycles. The number of anilines is 2. The lowest BCUT2D eigenvalue weighted by Crippen LogP contribution is -2.25. The second kappa shape index (κ2) is 9.21. The molecule has 35 heavy (non-hydrogen) atoms. The summed E-state index contributed by atoms with van der Waals surface area (Å²) in [5, 5.41) is 12.3.